The van der Waals surface area contributed by atoms with Gasteiger partial charge in [0.2, 0.25) is 0 Å². The average Bonchev–Trinajstić information content (AvgIpc) is 3.05. The summed E-state index contributed by atoms with van der Waals surface area (Å²) in [4.78, 5) is 32.4. The molecule has 6 nitrogen and oxygen atoms in total. The lowest BCUT2D eigenvalue weighted by Crippen LogP contribution is -2.53. The van der Waals surface area contributed by atoms with Crippen LogP contribution in [0.1, 0.15) is 183 Å². The van der Waals surface area contributed by atoms with Crippen LogP contribution in [0.15, 0.2) is 0 Å². The summed E-state index contributed by atoms with van der Waals surface area (Å²) in [6.45, 7) is 12.7. The molecule has 4 aliphatic rings. The van der Waals surface area contributed by atoms with Crippen molar-refractivity contribution in [2.24, 2.45) is 11.8 Å². The fourth-order valence-electron chi connectivity index (χ4n) is 9.24. The Morgan fingerprint density at radius 1 is 0.523 bits per heavy atom. The van der Waals surface area contributed by atoms with E-state index in [1.165, 1.54) is 64.2 Å². The van der Waals surface area contributed by atoms with Crippen LogP contribution in [0.3, 0.4) is 0 Å². The van der Waals surface area contributed by atoms with Gasteiger partial charge < -0.3 is 19.3 Å². The molecule has 4 aliphatic carbocycles. The summed E-state index contributed by atoms with van der Waals surface area (Å²) in [5, 5.41) is 0. The van der Waals surface area contributed by atoms with Crippen LogP contribution < -0.4 is 0 Å². The Morgan fingerprint density at radius 2 is 0.909 bits per heavy atom. The Kier molecular flexibility index (Phi) is 13.2. The molecule has 2 amide bonds. The molecule has 0 radical (unpaired) electrons. The lowest BCUT2D eigenvalue weighted by atomic mass is 9.70. The molecule has 0 aromatic heterocycles. The summed E-state index contributed by atoms with van der Waals surface area (Å²) in [5.74, 6) is 1.22. The van der Waals surface area contributed by atoms with Crippen LogP contribution in [0.5, 0.6) is 0 Å². The van der Waals surface area contributed by atoms with E-state index in [1.807, 2.05) is 13.8 Å². The second kappa shape index (κ2) is 16.4. The molecule has 254 valence electrons. The number of carbonyl (C=O) groups is 2. The van der Waals surface area contributed by atoms with Gasteiger partial charge in [0.15, 0.2) is 0 Å². The van der Waals surface area contributed by atoms with Gasteiger partial charge in [0.05, 0.1) is 0 Å². The predicted octanol–water partition coefficient (Wildman–Crippen LogP) is 10.8. The molecular formula is C38H68N2O4. The summed E-state index contributed by atoms with van der Waals surface area (Å²) in [7, 11) is 0. The van der Waals surface area contributed by atoms with E-state index >= 15 is 0 Å². The topological polar surface area (TPSA) is 59.1 Å². The molecule has 0 bridgehead atoms. The van der Waals surface area contributed by atoms with E-state index in [0.717, 1.165) is 77.0 Å². The predicted molar refractivity (Wildman–Crippen MR) is 180 cm³/mol. The summed E-state index contributed by atoms with van der Waals surface area (Å²) >= 11 is 0. The highest BCUT2D eigenvalue weighted by Gasteiger charge is 2.43. The van der Waals surface area contributed by atoms with Crippen molar-refractivity contribution in [3.8, 4) is 0 Å². The standard InChI is InChI=1S/C38H68N2O4/c1-7-37(5,6)43-35(41)39(31-21-13-11-14-22-31)33-25-17-19-29(27-33)30-20-18-26-34(28-30)40(32-23-15-12-16-24-32)36(42)44-38(8-2,9-3)10-4/h29-34H,7-28H2,1-6H3. The van der Waals surface area contributed by atoms with Crippen molar-refractivity contribution in [3.05, 3.63) is 0 Å². The molecule has 6 heteroatoms. The molecule has 4 atom stereocenters. The van der Waals surface area contributed by atoms with Gasteiger partial charge in [-0.15, -0.1) is 0 Å². The van der Waals surface area contributed by atoms with Crippen molar-refractivity contribution in [1.82, 2.24) is 9.80 Å². The van der Waals surface area contributed by atoms with E-state index in [2.05, 4.69) is 37.5 Å². The third-order valence-electron chi connectivity index (χ3n) is 12.6. The van der Waals surface area contributed by atoms with Gasteiger partial charge in [-0.05, 0) is 103 Å². The van der Waals surface area contributed by atoms with Crippen LogP contribution in [0.4, 0.5) is 9.59 Å². The summed E-state index contributed by atoms with van der Waals surface area (Å²) in [6.07, 6.45) is 24.5. The van der Waals surface area contributed by atoms with Gasteiger partial charge in [-0.3, -0.25) is 0 Å². The quantitative estimate of drug-likeness (QED) is 0.232. The van der Waals surface area contributed by atoms with Gasteiger partial charge in [0.1, 0.15) is 11.2 Å². The molecule has 0 heterocycles. The minimum Gasteiger partial charge on any atom is -0.443 e. The number of carbonyl (C=O) groups excluding carboxylic acids is 2. The van der Waals surface area contributed by atoms with Gasteiger partial charge in [0.25, 0.3) is 0 Å². The number of rotatable bonds is 11. The molecule has 4 saturated carbocycles. The minimum atomic E-state index is -0.434. The van der Waals surface area contributed by atoms with Crippen LogP contribution in [0.2, 0.25) is 0 Å². The molecule has 0 aromatic rings. The van der Waals surface area contributed by atoms with Gasteiger partial charge in [0, 0.05) is 24.2 Å². The van der Waals surface area contributed by atoms with Gasteiger partial charge in [-0.25, -0.2) is 9.59 Å². The molecule has 44 heavy (non-hydrogen) atoms. The summed E-state index contributed by atoms with van der Waals surface area (Å²) in [6, 6.07) is 1.19. The van der Waals surface area contributed by atoms with Crippen LogP contribution in [-0.2, 0) is 9.47 Å². The van der Waals surface area contributed by atoms with Crippen molar-refractivity contribution < 1.29 is 19.1 Å². The second-order valence-electron chi connectivity index (χ2n) is 15.7. The molecular weight excluding hydrogens is 548 g/mol. The van der Waals surface area contributed by atoms with E-state index < -0.39 is 5.60 Å². The molecule has 0 aromatic carbocycles. The normalized spacial score (nSPS) is 27.9. The van der Waals surface area contributed by atoms with E-state index in [0.29, 0.717) is 23.9 Å². The summed E-state index contributed by atoms with van der Waals surface area (Å²) < 4.78 is 12.6. The number of hydrogen-bond acceptors (Lipinski definition) is 4. The van der Waals surface area contributed by atoms with E-state index in [-0.39, 0.29) is 29.9 Å². The van der Waals surface area contributed by atoms with E-state index in [9.17, 15) is 9.59 Å². The Labute approximate surface area is 270 Å². The Morgan fingerprint density at radius 3 is 1.30 bits per heavy atom. The Hall–Kier alpha value is -1.46. The number of nitrogens with zero attached hydrogens (tertiary/aromatic N) is 2. The lowest BCUT2D eigenvalue weighted by molar-refractivity contribution is -0.0432. The number of hydrogen-bond donors (Lipinski definition) is 0. The fraction of sp³-hybridized carbons (Fsp3) is 0.947. The van der Waals surface area contributed by atoms with E-state index in [4.69, 9.17) is 9.47 Å². The molecule has 0 N–H and O–H groups in total. The number of ether oxygens (including phenoxy) is 2. The smallest absolute Gasteiger partial charge is 0.410 e. The third kappa shape index (κ3) is 8.87. The first-order chi connectivity index (χ1) is 21.2. The fourth-order valence-corrected chi connectivity index (χ4v) is 9.24. The average molecular weight is 617 g/mol. The molecule has 4 unspecified atom stereocenters. The van der Waals surface area contributed by atoms with Crippen molar-refractivity contribution >= 4 is 12.2 Å². The maximum atomic E-state index is 14.1. The van der Waals surface area contributed by atoms with Crippen molar-refractivity contribution in [1.29, 1.82) is 0 Å². The molecule has 4 rings (SSSR count). The minimum absolute atomic E-state index is 0.0422. The zero-order valence-corrected chi connectivity index (χ0v) is 29.5. The SMILES string of the molecule is CCC(C)(C)OC(=O)N(C1CCCCC1)C1CCCC(C2CCCC(N(C(=O)OC(CC)(CC)CC)C3CCCCC3)C2)C1. The summed E-state index contributed by atoms with van der Waals surface area (Å²) in [5.41, 5.74) is -0.783. The molecule has 4 fully saturated rings. The second-order valence-corrected chi connectivity index (χ2v) is 15.7. The van der Waals surface area contributed by atoms with Crippen LogP contribution in [-0.4, -0.2) is 57.4 Å². The Balaban J connectivity index is 1.50. The van der Waals surface area contributed by atoms with Crippen molar-refractivity contribution in [3.63, 3.8) is 0 Å². The van der Waals surface area contributed by atoms with Gasteiger partial charge in [-0.1, -0.05) is 91.9 Å². The highest BCUT2D eigenvalue weighted by molar-refractivity contribution is 5.69. The molecule has 0 saturated heterocycles. The zero-order chi connectivity index (χ0) is 31.7. The van der Waals surface area contributed by atoms with Crippen molar-refractivity contribution in [2.75, 3.05) is 0 Å². The molecule has 0 spiro atoms. The first-order valence-corrected chi connectivity index (χ1v) is 19.2. The Bertz CT molecular complexity index is 881. The van der Waals surface area contributed by atoms with Gasteiger partial charge in [-0.2, -0.15) is 0 Å². The zero-order valence-electron chi connectivity index (χ0n) is 29.5. The van der Waals surface area contributed by atoms with Crippen molar-refractivity contribution in [2.45, 2.75) is 218 Å². The first kappa shape index (κ1) is 35.4. The largest absolute Gasteiger partial charge is 0.443 e. The highest BCUT2D eigenvalue weighted by atomic mass is 16.6. The lowest BCUT2D eigenvalue weighted by Gasteiger charge is -2.48. The number of amides is 2. The van der Waals surface area contributed by atoms with Crippen LogP contribution in [0, 0.1) is 11.8 Å². The highest BCUT2D eigenvalue weighted by Crippen LogP contribution is 2.43. The van der Waals surface area contributed by atoms with Crippen LogP contribution >= 0.6 is 0 Å². The first-order valence-electron chi connectivity index (χ1n) is 19.2. The maximum absolute atomic E-state index is 14.1. The maximum Gasteiger partial charge on any atom is 0.410 e. The third-order valence-corrected chi connectivity index (χ3v) is 12.6. The van der Waals surface area contributed by atoms with E-state index in [1.54, 1.807) is 0 Å². The molecule has 0 aliphatic heterocycles. The van der Waals surface area contributed by atoms with Gasteiger partial charge >= 0.3 is 12.2 Å². The monoisotopic (exact) mass is 617 g/mol. The van der Waals surface area contributed by atoms with Crippen LogP contribution in [0.25, 0.3) is 0 Å².